The number of carbonyl (C=O) groups is 1. The molecule has 0 aliphatic carbocycles. The fraction of sp³-hybridized carbons (Fsp3) is 0.385. The van der Waals surface area contributed by atoms with Gasteiger partial charge in [0.15, 0.2) is 0 Å². The van der Waals surface area contributed by atoms with E-state index in [2.05, 4.69) is 32.5 Å². The van der Waals surface area contributed by atoms with E-state index in [-0.39, 0.29) is 17.9 Å². The lowest BCUT2D eigenvalue weighted by molar-refractivity contribution is -0.114. The number of halogens is 1. The second-order valence-electron chi connectivity index (χ2n) is 4.46. The van der Waals surface area contributed by atoms with E-state index >= 15 is 0 Å². The summed E-state index contributed by atoms with van der Waals surface area (Å²) in [6.07, 6.45) is 0.858. The smallest absolute Gasteiger partial charge is 0.234 e. The normalized spacial score (nSPS) is 12.0. The van der Waals surface area contributed by atoms with Gasteiger partial charge in [0.2, 0.25) is 17.8 Å². The summed E-state index contributed by atoms with van der Waals surface area (Å²) in [5.74, 6) is 0.998. The lowest BCUT2D eigenvalue weighted by atomic mass is 10.2. The molecule has 0 fully saturated rings. The molecule has 0 spiro atoms. The van der Waals surface area contributed by atoms with Gasteiger partial charge in [0, 0.05) is 11.8 Å². The van der Waals surface area contributed by atoms with Gasteiger partial charge in [0.25, 0.3) is 0 Å². The molecule has 0 saturated carbocycles. The van der Waals surface area contributed by atoms with E-state index in [0.717, 1.165) is 15.6 Å². The van der Waals surface area contributed by atoms with Gasteiger partial charge in [-0.2, -0.15) is 15.0 Å². The van der Waals surface area contributed by atoms with Crippen molar-refractivity contribution in [3.8, 4) is 0 Å². The molecule has 21 heavy (non-hydrogen) atoms. The summed E-state index contributed by atoms with van der Waals surface area (Å²) >= 11 is 7.49. The van der Waals surface area contributed by atoms with Gasteiger partial charge in [-0.05, 0) is 25.5 Å². The predicted molar refractivity (Wildman–Crippen MR) is 84.9 cm³/mol. The summed E-state index contributed by atoms with van der Waals surface area (Å²) in [7, 11) is 0. The molecule has 112 valence electrons. The van der Waals surface area contributed by atoms with Gasteiger partial charge in [0.05, 0.1) is 10.4 Å². The number of hydrogen-bond acceptors (Lipinski definition) is 6. The van der Waals surface area contributed by atoms with E-state index in [1.54, 1.807) is 6.92 Å². The van der Waals surface area contributed by atoms with Crippen LogP contribution in [0.2, 0.25) is 4.34 Å². The Labute approximate surface area is 132 Å². The van der Waals surface area contributed by atoms with Gasteiger partial charge >= 0.3 is 0 Å². The van der Waals surface area contributed by atoms with Gasteiger partial charge in [-0.15, -0.1) is 11.3 Å². The van der Waals surface area contributed by atoms with E-state index < -0.39 is 0 Å². The zero-order chi connectivity index (χ0) is 15.4. The third kappa shape index (κ3) is 4.37. The Hall–Kier alpha value is -1.73. The van der Waals surface area contributed by atoms with Crippen LogP contribution in [-0.4, -0.2) is 20.9 Å². The molecule has 0 radical (unpaired) electrons. The van der Waals surface area contributed by atoms with Crippen molar-refractivity contribution in [1.82, 2.24) is 15.0 Å². The van der Waals surface area contributed by atoms with Crippen molar-refractivity contribution in [2.45, 2.75) is 33.2 Å². The van der Waals surface area contributed by atoms with Crippen molar-refractivity contribution in [2.24, 2.45) is 0 Å². The van der Waals surface area contributed by atoms with Crippen molar-refractivity contribution < 1.29 is 4.79 Å². The number of nitrogens with one attached hydrogen (secondary N) is 2. The number of thiophene rings is 1. The van der Waals surface area contributed by atoms with Gasteiger partial charge < -0.3 is 5.32 Å². The topological polar surface area (TPSA) is 79.8 Å². The highest BCUT2D eigenvalue weighted by Gasteiger charge is 2.14. The molecule has 8 heteroatoms. The third-order valence-electron chi connectivity index (χ3n) is 2.68. The SMILES string of the molecule is CCC(Nc1nc(C)nc(NC(C)=O)n1)c1ccc(Cl)s1. The minimum atomic E-state index is -0.219. The number of carbonyl (C=O) groups excluding carboxylic acids is 1. The molecular weight excluding hydrogens is 310 g/mol. The standard InChI is InChI=1S/C13H16ClN5OS/c1-4-9(10-5-6-11(14)21-10)18-13-16-7(2)15-12(19-13)17-8(3)20/h5-6,9H,4H2,1-3H3,(H2,15,16,17,18,19,20). The Morgan fingerprint density at radius 3 is 2.62 bits per heavy atom. The number of rotatable bonds is 5. The maximum atomic E-state index is 11.1. The highest BCUT2D eigenvalue weighted by molar-refractivity contribution is 7.16. The summed E-state index contributed by atoms with van der Waals surface area (Å²) in [4.78, 5) is 24.7. The molecule has 2 rings (SSSR count). The van der Waals surface area contributed by atoms with E-state index in [1.165, 1.54) is 18.3 Å². The molecular formula is C13H16ClN5OS. The molecule has 2 N–H and O–H groups in total. The van der Waals surface area contributed by atoms with E-state index in [9.17, 15) is 4.79 Å². The monoisotopic (exact) mass is 325 g/mol. The van der Waals surface area contributed by atoms with Crippen LogP contribution in [0.4, 0.5) is 11.9 Å². The number of hydrogen-bond donors (Lipinski definition) is 2. The number of aryl methyl sites for hydroxylation is 1. The Bertz CT molecular complexity index is 645. The van der Waals surface area contributed by atoms with Crippen LogP contribution < -0.4 is 10.6 Å². The average molecular weight is 326 g/mol. The lowest BCUT2D eigenvalue weighted by Crippen LogP contribution is -2.15. The second-order valence-corrected chi connectivity index (χ2v) is 6.20. The molecule has 1 amide bonds. The van der Waals surface area contributed by atoms with Crippen LogP contribution in [0, 0.1) is 6.92 Å². The molecule has 0 bridgehead atoms. The second kappa shape index (κ2) is 6.82. The largest absolute Gasteiger partial charge is 0.346 e. The maximum absolute atomic E-state index is 11.1. The van der Waals surface area contributed by atoms with Gasteiger partial charge in [-0.1, -0.05) is 18.5 Å². The number of nitrogens with zero attached hydrogens (tertiary/aromatic N) is 3. The van der Waals surface area contributed by atoms with E-state index in [1.807, 2.05) is 12.1 Å². The molecule has 1 unspecified atom stereocenters. The first-order valence-electron chi connectivity index (χ1n) is 6.50. The predicted octanol–water partition coefficient (Wildman–Crippen LogP) is 3.42. The van der Waals surface area contributed by atoms with Crippen molar-refractivity contribution in [2.75, 3.05) is 10.6 Å². The van der Waals surface area contributed by atoms with Crippen molar-refractivity contribution in [3.63, 3.8) is 0 Å². The van der Waals surface area contributed by atoms with Gasteiger partial charge in [-0.25, -0.2) is 0 Å². The Kier molecular flexibility index (Phi) is 5.08. The van der Waals surface area contributed by atoms with Crippen LogP contribution in [0.1, 0.15) is 37.0 Å². The van der Waals surface area contributed by atoms with E-state index in [4.69, 9.17) is 11.6 Å². The number of amides is 1. The minimum absolute atomic E-state index is 0.0643. The van der Waals surface area contributed by atoms with Crippen LogP contribution >= 0.6 is 22.9 Å². The summed E-state index contributed by atoms with van der Waals surface area (Å²) in [5, 5.41) is 5.81. The zero-order valence-electron chi connectivity index (χ0n) is 12.0. The maximum Gasteiger partial charge on any atom is 0.234 e. The van der Waals surface area contributed by atoms with Gasteiger partial charge in [-0.3, -0.25) is 10.1 Å². The van der Waals surface area contributed by atoms with Crippen LogP contribution in [0.15, 0.2) is 12.1 Å². The highest BCUT2D eigenvalue weighted by atomic mass is 35.5. The third-order valence-corrected chi connectivity index (χ3v) is 4.03. The van der Waals surface area contributed by atoms with Gasteiger partial charge in [0.1, 0.15) is 5.82 Å². The fourth-order valence-electron chi connectivity index (χ4n) is 1.81. The summed E-state index contributed by atoms with van der Waals surface area (Å²) in [6.45, 7) is 5.23. The first-order chi connectivity index (χ1) is 9.97. The first kappa shape index (κ1) is 15.7. The average Bonchev–Trinajstić information content (AvgIpc) is 2.81. The fourth-order valence-corrected chi connectivity index (χ4v) is 3.00. The molecule has 0 aliphatic rings. The van der Waals surface area contributed by atoms with Crippen molar-refractivity contribution in [1.29, 1.82) is 0 Å². The number of anilines is 2. The molecule has 0 aromatic carbocycles. The zero-order valence-corrected chi connectivity index (χ0v) is 13.5. The lowest BCUT2D eigenvalue weighted by Gasteiger charge is -2.16. The van der Waals surface area contributed by atoms with Crippen LogP contribution in [0.5, 0.6) is 0 Å². The quantitative estimate of drug-likeness (QED) is 0.880. The highest BCUT2D eigenvalue weighted by Crippen LogP contribution is 2.30. The van der Waals surface area contributed by atoms with Crippen molar-refractivity contribution >= 4 is 40.7 Å². The molecule has 6 nitrogen and oxygen atoms in total. The molecule has 1 atom stereocenters. The molecule has 0 aliphatic heterocycles. The number of aromatic nitrogens is 3. The van der Waals surface area contributed by atoms with E-state index in [0.29, 0.717) is 11.8 Å². The Morgan fingerprint density at radius 2 is 2.05 bits per heavy atom. The molecule has 2 aromatic heterocycles. The summed E-state index contributed by atoms with van der Waals surface area (Å²) in [5.41, 5.74) is 0. The van der Waals surface area contributed by atoms with Crippen LogP contribution in [0.25, 0.3) is 0 Å². The molecule has 0 saturated heterocycles. The Morgan fingerprint density at radius 1 is 1.33 bits per heavy atom. The molecule has 2 heterocycles. The summed E-state index contributed by atoms with van der Waals surface area (Å²) in [6, 6.07) is 3.92. The summed E-state index contributed by atoms with van der Waals surface area (Å²) < 4.78 is 0.746. The van der Waals surface area contributed by atoms with Crippen LogP contribution in [-0.2, 0) is 4.79 Å². The minimum Gasteiger partial charge on any atom is -0.346 e. The Balaban J connectivity index is 2.20. The molecule has 2 aromatic rings. The van der Waals surface area contributed by atoms with Crippen molar-refractivity contribution in [3.05, 3.63) is 27.2 Å². The van der Waals surface area contributed by atoms with Crippen LogP contribution in [0.3, 0.4) is 0 Å². The first-order valence-corrected chi connectivity index (χ1v) is 7.69.